The van der Waals surface area contributed by atoms with Gasteiger partial charge in [0.1, 0.15) is 17.5 Å². The van der Waals surface area contributed by atoms with Crippen molar-refractivity contribution in [3.63, 3.8) is 0 Å². The molecule has 0 saturated heterocycles. The van der Waals surface area contributed by atoms with Crippen LogP contribution in [0.15, 0.2) is 59.9 Å². The summed E-state index contributed by atoms with van der Waals surface area (Å²) in [6.07, 6.45) is 1.13. The molecule has 0 unspecified atom stereocenters. The van der Waals surface area contributed by atoms with Gasteiger partial charge in [0.25, 0.3) is 10.0 Å². The molecular formula is C19H17Cl2N3O4S. The summed E-state index contributed by atoms with van der Waals surface area (Å²) >= 11 is 11.7. The first-order valence-corrected chi connectivity index (χ1v) is 10.7. The lowest BCUT2D eigenvalue weighted by atomic mass is 10.1. The van der Waals surface area contributed by atoms with Gasteiger partial charge in [-0.2, -0.15) is 8.42 Å². The molecule has 152 valence electrons. The Morgan fingerprint density at radius 2 is 1.69 bits per heavy atom. The van der Waals surface area contributed by atoms with Gasteiger partial charge < -0.3 is 9.30 Å². The highest BCUT2D eigenvalue weighted by Crippen LogP contribution is 2.19. The van der Waals surface area contributed by atoms with Crippen molar-refractivity contribution in [3.8, 4) is 5.75 Å². The zero-order chi connectivity index (χ0) is 21.0. The van der Waals surface area contributed by atoms with E-state index < -0.39 is 15.9 Å². The van der Waals surface area contributed by atoms with Gasteiger partial charge >= 0.3 is 0 Å². The van der Waals surface area contributed by atoms with Crippen LogP contribution in [0.4, 0.5) is 0 Å². The van der Waals surface area contributed by atoms with E-state index >= 15 is 0 Å². The van der Waals surface area contributed by atoms with Crippen molar-refractivity contribution < 1.29 is 17.9 Å². The van der Waals surface area contributed by atoms with Crippen LogP contribution in [0.5, 0.6) is 5.75 Å². The SMILES string of the molecule is Cn1cnc(S(=O)(=O)NC(=O)Cc2ccc(OCc3ccc(Cl)cc3)cc2)c1Cl. The number of carbonyl (C=O) groups excluding carboxylic acids is 1. The molecular weight excluding hydrogens is 437 g/mol. The molecule has 29 heavy (non-hydrogen) atoms. The minimum absolute atomic E-state index is 0.0764. The Bertz CT molecular complexity index is 1110. The Kier molecular flexibility index (Phi) is 6.46. The molecule has 0 radical (unpaired) electrons. The fraction of sp³-hybridized carbons (Fsp3) is 0.158. The molecule has 1 aromatic heterocycles. The number of nitrogens with one attached hydrogen (secondary N) is 1. The minimum Gasteiger partial charge on any atom is -0.489 e. The van der Waals surface area contributed by atoms with E-state index in [0.29, 0.717) is 22.9 Å². The number of nitrogens with zero attached hydrogens (tertiary/aromatic N) is 2. The predicted molar refractivity (Wildman–Crippen MR) is 109 cm³/mol. The van der Waals surface area contributed by atoms with Gasteiger partial charge in [-0.05, 0) is 35.4 Å². The highest BCUT2D eigenvalue weighted by atomic mass is 35.5. The van der Waals surface area contributed by atoms with Gasteiger partial charge in [-0.3, -0.25) is 4.79 Å². The number of benzene rings is 2. The van der Waals surface area contributed by atoms with E-state index in [4.69, 9.17) is 27.9 Å². The van der Waals surface area contributed by atoms with Gasteiger partial charge in [0.2, 0.25) is 10.9 Å². The predicted octanol–water partition coefficient (Wildman–Crippen LogP) is 3.35. The normalized spacial score (nSPS) is 11.3. The third-order valence-corrected chi connectivity index (χ3v) is 6.06. The van der Waals surface area contributed by atoms with Gasteiger partial charge in [-0.25, -0.2) is 9.71 Å². The van der Waals surface area contributed by atoms with Crippen LogP contribution in [-0.4, -0.2) is 23.9 Å². The first-order valence-electron chi connectivity index (χ1n) is 8.43. The fourth-order valence-corrected chi connectivity index (χ4v) is 3.99. The van der Waals surface area contributed by atoms with Crippen molar-refractivity contribution in [1.29, 1.82) is 0 Å². The van der Waals surface area contributed by atoms with Gasteiger partial charge in [0, 0.05) is 12.1 Å². The summed E-state index contributed by atoms with van der Waals surface area (Å²) < 4.78 is 33.5. The molecule has 0 spiro atoms. The number of carbonyl (C=O) groups is 1. The lowest BCUT2D eigenvalue weighted by Crippen LogP contribution is -2.32. The zero-order valence-corrected chi connectivity index (χ0v) is 17.6. The summed E-state index contributed by atoms with van der Waals surface area (Å²) in [6, 6.07) is 14.1. The molecule has 0 aliphatic carbocycles. The molecule has 1 N–H and O–H groups in total. The van der Waals surface area contributed by atoms with Crippen LogP contribution in [0.1, 0.15) is 11.1 Å². The van der Waals surface area contributed by atoms with Crippen LogP contribution in [0.25, 0.3) is 0 Å². The molecule has 3 rings (SSSR count). The second-order valence-electron chi connectivity index (χ2n) is 6.22. The van der Waals surface area contributed by atoms with Gasteiger partial charge in [-0.15, -0.1) is 0 Å². The smallest absolute Gasteiger partial charge is 0.284 e. The Morgan fingerprint density at radius 1 is 1.07 bits per heavy atom. The third kappa shape index (κ3) is 5.50. The molecule has 0 saturated carbocycles. The summed E-state index contributed by atoms with van der Waals surface area (Å²) in [7, 11) is -2.59. The number of imidazole rings is 1. The van der Waals surface area contributed by atoms with E-state index in [1.807, 2.05) is 16.9 Å². The van der Waals surface area contributed by atoms with E-state index in [1.54, 1.807) is 43.4 Å². The molecule has 0 atom stereocenters. The lowest BCUT2D eigenvalue weighted by Gasteiger charge is -2.08. The summed E-state index contributed by atoms with van der Waals surface area (Å²) in [5, 5.41) is 0.192. The molecule has 7 nitrogen and oxygen atoms in total. The van der Waals surface area contributed by atoms with Crippen LogP contribution < -0.4 is 9.46 Å². The third-order valence-electron chi connectivity index (χ3n) is 3.94. The van der Waals surface area contributed by atoms with E-state index in [2.05, 4.69) is 4.98 Å². The maximum Gasteiger partial charge on any atom is 0.284 e. The molecule has 3 aromatic rings. The number of amides is 1. The van der Waals surface area contributed by atoms with Crippen molar-refractivity contribution in [1.82, 2.24) is 14.3 Å². The second-order valence-corrected chi connectivity index (χ2v) is 8.61. The average Bonchev–Trinajstić information content (AvgIpc) is 3.01. The van der Waals surface area contributed by atoms with Crippen molar-refractivity contribution in [3.05, 3.63) is 76.2 Å². The monoisotopic (exact) mass is 453 g/mol. The summed E-state index contributed by atoms with van der Waals surface area (Å²) in [5.74, 6) is -0.0708. The van der Waals surface area contributed by atoms with Gasteiger partial charge in [0.05, 0.1) is 12.7 Å². The van der Waals surface area contributed by atoms with Gasteiger partial charge in [0.15, 0.2) is 0 Å². The molecule has 1 amide bonds. The van der Waals surface area contributed by atoms with Crippen molar-refractivity contribution in [2.24, 2.45) is 7.05 Å². The molecule has 0 fully saturated rings. The minimum atomic E-state index is -4.14. The number of rotatable bonds is 7. The topological polar surface area (TPSA) is 90.3 Å². The van der Waals surface area contributed by atoms with Crippen molar-refractivity contribution in [2.45, 2.75) is 18.1 Å². The number of halogens is 2. The number of sulfonamides is 1. The van der Waals surface area contributed by atoms with Gasteiger partial charge in [-0.1, -0.05) is 47.5 Å². The molecule has 1 heterocycles. The largest absolute Gasteiger partial charge is 0.489 e. The highest BCUT2D eigenvalue weighted by molar-refractivity contribution is 7.90. The molecule has 10 heteroatoms. The number of ether oxygens (including phenoxy) is 1. The standard InChI is InChI=1S/C19H17Cl2N3O4S/c1-24-12-22-19(18(24)21)29(26,27)23-17(25)10-13-4-8-16(9-5-13)28-11-14-2-6-15(20)7-3-14/h2-9,12H,10-11H2,1H3,(H,23,25). The summed E-state index contributed by atoms with van der Waals surface area (Å²) in [5.41, 5.74) is 1.60. The first-order chi connectivity index (χ1) is 13.7. The first kappa shape index (κ1) is 21.2. The molecule has 2 aromatic carbocycles. The molecule has 0 bridgehead atoms. The van der Waals surface area contributed by atoms with E-state index in [0.717, 1.165) is 5.56 Å². The fourth-order valence-electron chi connectivity index (χ4n) is 2.44. The molecule has 0 aliphatic rings. The quantitative estimate of drug-likeness (QED) is 0.592. The second kappa shape index (κ2) is 8.86. The van der Waals surface area contributed by atoms with Crippen molar-refractivity contribution in [2.75, 3.05) is 0 Å². The van der Waals surface area contributed by atoms with Crippen LogP contribution in [0.2, 0.25) is 10.2 Å². The number of aromatic nitrogens is 2. The number of aryl methyl sites for hydroxylation is 1. The number of hydrogen-bond acceptors (Lipinski definition) is 5. The van der Waals surface area contributed by atoms with Crippen molar-refractivity contribution >= 4 is 39.1 Å². The lowest BCUT2D eigenvalue weighted by molar-refractivity contribution is -0.118. The van der Waals surface area contributed by atoms with E-state index in [1.165, 1.54) is 10.9 Å². The Morgan fingerprint density at radius 3 is 2.28 bits per heavy atom. The van der Waals surface area contributed by atoms with E-state index in [-0.39, 0.29) is 16.6 Å². The Hall–Kier alpha value is -2.55. The van der Waals surface area contributed by atoms with Crippen LogP contribution >= 0.6 is 23.2 Å². The maximum atomic E-state index is 12.2. The van der Waals surface area contributed by atoms with Crippen LogP contribution in [0, 0.1) is 0 Å². The maximum absolute atomic E-state index is 12.2. The summed E-state index contributed by atoms with van der Waals surface area (Å²) in [4.78, 5) is 15.8. The van der Waals surface area contributed by atoms with Crippen LogP contribution in [0.3, 0.4) is 0 Å². The molecule has 0 aliphatic heterocycles. The van der Waals surface area contributed by atoms with E-state index in [9.17, 15) is 13.2 Å². The Labute approximate surface area is 178 Å². The number of hydrogen-bond donors (Lipinski definition) is 1. The highest BCUT2D eigenvalue weighted by Gasteiger charge is 2.24. The Balaban J connectivity index is 1.57. The summed E-state index contributed by atoms with van der Waals surface area (Å²) in [6.45, 7) is 0.375. The zero-order valence-electron chi connectivity index (χ0n) is 15.3. The average molecular weight is 454 g/mol. The van der Waals surface area contributed by atoms with Crippen LogP contribution in [-0.2, 0) is 34.9 Å².